The largest absolute Gasteiger partial charge is 0.349 e. The van der Waals surface area contributed by atoms with Crippen LogP contribution < -0.4 is 5.32 Å². The van der Waals surface area contributed by atoms with Crippen LogP contribution >= 0.6 is 0 Å². The Morgan fingerprint density at radius 3 is 2.39 bits per heavy atom. The summed E-state index contributed by atoms with van der Waals surface area (Å²) in [6.45, 7) is 6.25. The molecule has 0 heterocycles. The fourth-order valence-corrected chi connectivity index (χ4v) is 1.87. The molecule has 0 aliphatic rings. The molecule has 2 aromatic rings. The van der Waals surface area contributed by atoms with Crippen LogP contribution in [0.2, 0.25) is 0 Å². The molecule has 1 atom stereocenters. The Labute approximate surface area is 108 Å². The SMILES string of the molecule is CC(C)C(C)NC(=O)c1cccc2ccccc12. The van der Waals surface area contributed by atoms with Crippen LogP contribution in [0.4, 0.5) is 0 Å². The van der Waals surface area contributed by atoms with E-state index in [0.29, 0.717) is 5.92 Å². The number of amides is 1. The van der Waals surface area contributed by atoms with Gasteiger partial charge in [-0.3, -0.25) is 4.79 Å². The molecule has 0 fully saturated rings. The Morgan fingerprint density at radius 1 is 1.00 bits per heavy atom. The molecule has 0 saturated carbocycles. The van der Waals surface area contributed by atoms with Gasteiger partial charge in [-0.15, -0.1) is 0 Å². The molecule has 2 aromatic carbocycles. The van der Waals surface area contributed by atoms with Crippen molar-refractivity contribution in [2.75, 3.05) is 0 Å². The predicted molar refractivity (Wildman–Crippen MR) is 75.7 cm³/mol. The maximum absolute atomic E-state index is 12.3. The summed E-state index contributed by atoms with van der Waals surface area (Å²) in [5, 5.41) is 5.16. The summed E-state index contributed by atoms with van der Waals surface area (Å²) in [6.07, 6.45) is 0. The zero-order chi connectivity index (χ0) is 13.1. The van der Waals surface area contributed by atoms with Crippen molar-refractivity contribution in [3.63, 3.8) is 0 Å². The standard InChI is InChI=1S/C16H19NO/c1-11(2)12(3)17-16(18)15-10-6-8-13-7-4-5-9-14(13)15/h4-12H,1-3H3,(H,17,18). The number of carbonyl (C=O) groups is 1. The Bertz CT molecular complexity index is 555. The van der Waals surface area contributed by atoms with Crippen LogP contribution in [0.3, 0.4) is 0 Å². The van der Waals surface area contributed by atoms with Crippen molar-refractivity contribution < 1.29 is 4.79 Å². The molecule has 2 heteroatoms. The molecule has 0 saturated heterocycles. The van der Waals surface area contributed by atoms with Crippen molar-refractivity contribution in [2.45, 2.75) is 26.8 Å². The van der Waals surface area contributed by atoms with Gasteiger partial charge in [0.05, 0.1) is 0 Å². The van der Waals surface area contributed by atoms with Crippen molar-refractivity contribution in [1.29, 1.82) is 0 Å². The molecule has 0 aromatic heterocycles. The van der Waals surface area contributed by atoms with Gasteiger partial charge in [0.2, 0.25) is 0 Å². The van der Waals surface area contributed by atoms with Gasteiger partial charge in [0.15, 0.2) is 0 Å². The van der Waals surface area contributed by atoms with Crippen molar-refractivity contribution in [3.8, 4) is 0 Å². The minimum atomic E-state index is 0.00741. The third kappa shape index (κ3) is 2.53. The summed E-state index contributed by atoms with van der Waals surface area (Å²) < 4.78 is 0. The molecule has 1 amide bonds. The minimum Gasteiger partial charge on any atom is -0.349 e. The van der Waals surface area contributed by atoms with Crippen LogP contribution in [-0.4, -0.2) is 11.9 Å². The number of benzene rings is 2. The van der Waals surface area contributed by atoms with Crippen LogP contribution in [0.15, 0.2) is 42.5 Å². The maximum Gasteiger partial charge on any atom is 0.252 e. The third-order valence-electron chi connectivity index (χ3n) is 3.39. The first kappa shape index (κ1) is 12.6. The molecule has 2 rings (SSSR count). The highest BCUT2D eigenvalue weighted by molar-refractivity contribution is 6.07. The van der Waals surface area contributed by atoms with Gasteiger partial charge in [-0.2, -0.15) is 0 Å². The van der Waals surface area contributed by atoms with Crippen molar-refractivity contribution in [2.24, 2.45) is 5.92 Å². The minimum absolute atomic E-state index is 0.00741. The smallest absolute Gasteiger partial charge is 0.252 e. The highest BCUT2D eigenvalue weighted by Gasteiger charge is 2.14. The van der Waals surface area contributed by atoms with E-state index in [1.165, 1.54) is 0 Å². The van der Waals surface area contributed by atoms with E-state index in [0.717, 1.165) is 16.3 Å². The third-order valence-corrected chi connectivity index (χ3v) is 3.39. The van der Waals surface area contributed by atoms with E-state index in [1.54, 1.807) is 0 Å². The molecular formula is C16H19NO. The molecule has 1 N–H and O–H groups in total. The number of nitrogens with one attached hydrogen (secondary N) is 1. The van der Waals surface area contributed by atoms with E-state index in [4.69, 9.17) is 0 Å². The van der Waals surface area contributed by atoms with E-state index in [-0.39, 0.29) is 11.9 Å². The molecule has 1 unspecified atom stereocenters. The van der Waals surface area contributed by atoms with Crippen molar-refractivity contribution in [1.82, 2.24) is 5.32 Å². The number of carbonyl (C=O) groups excluding carboxylic acids is 1. The van der Waals surface area contributed by atoms with Crippen LogP contribution in [0, 0.1) is 5.92 Å². The van der Waals surface area contributed by atoms with E-state index in [2.05, 4.69) is 19.2 Å². The summed E-state index contributed by atoms with van der Waals surface area (Å²) in [5.41, 5.74) is 0.751. The van der Waals surface area contributed by atoms with Crippen LogP contribution in [0.5, 0.6) is 0 Å². The fourth-order valence-electron chi connectivity index (χ4n) is 1.87. The van der Waals surface area contributed by atoms with Gasteiger partial charge in [0, 0.05) is 11.6 Å². The molecule has 2 nitrogen and oxygen atoms in total. The first-order chi connectivity index (χ1) is 8.59. The summed E-state index contributed by atoms with van der Waals surface area (Å²) >= 11 is 0. The van der Waals surface area contributed by atoms with Gasteiger partial charge in [0.1, 0.15) is 0 Å². The summed E-state index contributed by atoms with van der Waals surface area (Å²) in [6, 6.07) is 14.0. The van der Waals surface area contributed by atoms with Gasteiger partial charge < -0.3 is 5.32 Å². The highest BCUT2D eigenvalue weighted by Crippen LogP contribution is 2.18. The molecule has 0 radical (unpaired) electrons. The quantitative estimate of drug-likeness (QED) is 0.873. The zero-order valence-corrected chi connectivity index (χ0v) is 11.1. The average molecular weight is 241 g/mol. The monoisotopic (exact) mass is 241 g/mol. The van der Waals surface area contributed by atoms with Gasteiger partial charge >= 0.3 is 0 Å². The predicted octanol–water partition coefficient (Wildman–Crippen LogP) is 3.61. The zero-order valence-electron chi connectivity index (χ0n) is 11.1. The van der Waals surface area contributed by atoms with Gasteiger partial charge in [0.25, 0.3) is 5.91 Å². The number of fused-ring (bicyclic) bond motifs is 1. The Hall–Kier alpha value is -1.83. The molecule has 0 aliphatic heterocycles. The van der Waals surface area contributed by atoms with Crippen LogP contribution in [0.1, 0.15) is 31.1 Å². The van der Waals surface area contributed by atoms with E-state index >= 15 is 0 Å². The van der Waals surface area contributed by atoms with Gasteiger partial charge in [-0.25, -0.2) is 0 Å². The van der Waals surface area contributed by atoms with E-state index in [9.17, 15) is 4.79 Å². The first-order valence-corrected chi connectivity index (χ1v) is 6.38. The first-order valence-electron chi connectivity index (χ1n) is 6.38. The normalized spacial score (nSPS) is 12.7. The maximum atomic E-state index is 12.3. The molecule has 0 bridgehead atoms. The number of hydrogen-bond donors (Lipinski definition) is 1. The second kappa shape index (κ2) is 5.21. The molecule has 94 valence electrons. The molecule has 0 spiro atoms. The van der Waals surface area contributed by atoms with E-state index in [1.807, 2.05) is 49.4 Å². The lowest BCUT2D eigenvalue weighted by Crippen LogP contribution is -2.36. The molecule has 18 heavy (non-hydrogen) atoms. The fraction of sp³-hybridized carbons (Fsp3) is 0.312. The van der Waals surface area contributed by atoms with Crippen LogP contribution in [-0.2, 0) is 0 Å². The summed E-state index contributed by atoms with van der Waals surface area (Å²) in [7, 11) is 0. The van der Waals surface area contributed by atoms with Crippen LogP contribution in [0.25, 0.3) is 10.8 Å². The lowest BCUT2D eigenvalue weighted by Gasteiger charge is -2.18. The number of rotatable bonds is 3. The van der Waals surface area contributed by atoms with Gasteiger partial charge in [-0.05, 0) is 29.7 Å². The van der Waals surface area contributed by atoms with Crippen molar-refractivity contribution in [3.05, 3.63) is 48.0 Å². The Kier molecular flexibility index (Phi) is 3.66. The second-order valence-corrected chi connectivity index (χ2v) is 5.03. The summed E-state index contributed by atoms with van der Waals surface area (Å²) in [5.74, 6) is 0.442. The average Bonchev–Trinajstić information content (AvgIpc) is 2.37. The lowest BCUT2D eigenvalue weighted by molar-refractivity contribution is 0.0932. The highest BCUT2D eigenvalue weighted by atomic mass is 16.1. The lowest BCUT2D eigenvalue weighted by atomic mass is 10.0. The Balaban J connectivity index is 2.33. The second-order valence-electron chi connectivity index (χ2n) is 5.03. The van der Waals surface area contributed by atoms with E-state index < -0.39 is 0 Å². The number of hydrogen-bond acceptors (Lipinski definition) is 1. The Morgan fingerprint density at radius 2 is 1.67 bits per heavy atom. The molecular weight excluding hydrogens is 222 g/mol. The summed E-state index contributed by atoms with van der Waals surface area (Å²) in [4.78, 5) is 12.3. The topological polar surface area (TPSA) is 29.1 Å². The molecule has 0 aliphatic carbocycles. The van der Waals surface area contributed by atoms with Crippen molar-refractivity contribution >= 4 is 16.7 Å². The van der Waals surface area contributed by atoms with Gasteiger partial charge in [-0.1, -0.05) is 50.2 Å².